The van der Waals surface area contributed by atoms with Crippen LogP contribution in [0, 0.1) is 34.0 Å². The molecule has 0 aromatic heterocycles. The van der Waals surface area contributed by atoms with Crippen LogP contribution in [0.4, 0.5) is 34.1 Å². The summed E-state index contributed by atoms with van der Waals surface area (Å²) in [7, 11) is 4.95. The molecule has 0 fully saturated rings. The van der Waals surface area contributed by atoms with Crippen LogP contribution in [0.1, 0.15) is 50.1 Å². The van der Waals surface area contributed by atoms with E-state index in [2.05, 4.69) is 54.6 Å². The molecule has 3 heterocycles. The molecule has 10 rings (SSSR count). The van der Waals surface area contributed by atoms with Crippen molar-refractivity contribution in [2.45, 2.75) is 29.4 Å². The van der Waals surface area contributed by atoms with Crippen molar-refractivity contribution in [3.05, 3.63) is 177 Å². The Morgan fingerprint density at radius 3 is 0.909 bits per heavy atom. The number of fused-ring (bicyclic) bond motifs is 6. The third-order valence-electron chi connectivity index (χ3n) is 11.3. The van der Waals surface area contributed by atoms with Gasteiger partial charge in [-0.1, -0.05) is 126 Å². The summed E-state index contributed by atoms with van der Waals surface area (Å²) in [6.45, 7) is 0. The van der Waals surface area contributed by atoms with Gasteiger partial charge in [-0.2, -0.15) is 15.8 Å². The highest BCUT2D eigenvalue weighted by Crippen LogP contribution is 2.51. The number of rotatable bonds is 9. The fourth-order valence-electron chi connectivity index (χ4n) is 8.33. The molecule has 0 spiro atoms. The molecule has 0 amide bonds. The van der Waals surface area contributed by atoms with Crippen LogP contribution in [0.3, 0.4) is 0 Å². The van der Waals surface area contributed by atoms with Crippen molar-refractivity contribution in [2.75, 3.05) is 36.5 Å². The van der Waals surface area contributed by atoms with Crippen LogP contribution in [0.2, 0.25) is 0 Å². The molecule has 0 saturated carbocycles. The van der Waals surface area contributed by atoms with Crippen molar-refractivity contribution in [2.24, 2.45) is 0 Å². The monoisotopic (exact) mass is 912 g/mol. The minimum atomic E-state index is 0.217. The van der Waals surface area contributed by atoms with E-state index in [-0.39, 0.29) is 16.7 Å². The molecule has 318 valence electrons. The number of hydrogen-bond acceptors (Lipinski definition) is 12. The van der Waals surface area contributed by atoms with Crippen molar-refractivity contribution in [1.82, 2.24) is 0 Å². The Hall–Kier alpha value is -7.44. The average Bonchev–Trinajstić information content (AvgIpc) is 3.36. The van der Waals surface area contributed by atoms with Crippen LogP contribution >= 0.6 is 35.3 Å². The van der Waals surface area contributed by atoms with Crippen LogP contribution in [-0.4, -0.2) is 21.3 Å². The van der Waals surface area contributed by atoms with E-state index < -0.39 is 0 Å². The summed E-state index contributed by atoms with van der Waals surface area (Å²) in [5, 5.41) is 38.3. The molecule has 0 bridgehead atoms. The van der Waals surface area contributed by atoms with Crippen molar-refractivity contribution in [3.8, 4) is 18.2 Å². The topological polar surface area (TPSA) is 109 Å². The summed E-state index contributed by atoms with van der Waals surface area (Å²) in [5.41, 5.74) is 10.1. The number of anilines is 6. The molecule has 0 unspecified atom stereocenters. The third-order valence-corrected chi connectivity index (χ3v) is 14.7. The predicted molar refractivity (Wildman–Crippen MR) is 266 cm³/mol. The van der Waals surface area contributed by atoms with Crippen molar-refractivity contribution in [1.29, 1.82) is 15.8 Å². The van der Waals surface area contributed by atoms with E-state index in [9.17, 15) is 15.8 Å². The van der Waals surface area contributed by atoms with E-state index in [1.54, 1.807) is 56.6 Å². The lowest BCUT2D eigenvalue weighted by atomic mass is 9.86. The van der Waals surface area contributed by atoms with Crippen LogP contribution in [0.5, 0.6) is 0 Å². The van der Waals surface area contributed by atoms with Gasteiger partial charge in [0.05, 0.1) is 72.1 Å². The average molecular weight is 913 g/mol. The fraction of sp³-hybridized carbons (Fsp3) is 0.0556. The molecule has 3 aliphatic heterocycles. The molecule has 9 nitrogen and oxygen atoms in total. The van der Waals surface area contributed by atoms with Gasteiger partial charge >= 0.3 is 0 Å². The lowest BCUT2D eigenvalue weighted by Crippen LogP contribution is -2.18. The zero-order valence-electron chi connectivity index (χ0n) is 35.7. The summed E-state index contributed by atoms with van der Waals surface area (Å²) in [5.74, 6) is 0. The zero-order valence-corrected chi connectivity index (χ0v) is 38.2. The second kappa shape index (κ2) is 18.2. The van der Waals surface area contributed by atoms with Gasteiger partial charge in [0.15, 0.2) is 0 Å². The Morgan fingerprint density at radius 1 is 0.364 bits per heavy atom. The molecular formula is C54H36N6O3S3. The maximum atomic E-state index is 11.0. The zero-order chi connectivity index (χ0) is 45.3. The molecule has 0 saturated heterocycles. The molecule has 7 aromatic carbocycles. The SMILES string of the molecule is CON1c2ccccc2Sc2cc(/C=C/c3c(C#N)c(/C=C/c4ccc5c(c4)Sc4ccccc4N5OC)c(C#N)c(/C=C/c4ccc5c(c4)Sc4ccccc4N5OC)c3C#N)ccc21. The van der Waals surface area contributed by atoms with Gasteiger partial charge in [-0.3, -0.25) is 14.5 Å². The van der Waals surface area contributed by atoms with Gasteiger partial charge in [0.25, 0.3) is 0 Å². The molecule has 0 aliphatic carbocycles. The first-order valence-electron chi connectivity index (χ1n) is 20.7. The first-order chi connectivity index (χ1) is 32.4. The van der Waals surface area contributed by atoms with Gasteiger partial charge in [0.1, 0.15) is 18.2 Å². The summed E-state index contributed by atoms with van der Waals surface area (Å²) in [6.07, 6.45) is 11.1. The first-order valence-corrected chi connectivity index (χ1v) is 23.1. The number of nitriles is 3. The highest BCUT2D eigenvalue weighted by molar-refractivity contribution is 8.00. The van der Waals surface area contributed by atoms with Gasteiger partial charge in [0, 0.05) is 46.1 Å². The van der Waals surface area contributed by atoms with E-state index in [0.29, 0.717) is 16.7 Å². The van der Waals surface area contributed by atoms with E-state index >= 15 is 0 Å². The third kappa shape index (κ3) is 7.60. The van der Waals surface area contributed by atoms with Crippen LogP contribution in [-0.2, 0) is 14.5 Å². The van der Waals surface area contributed by atoms with Gasteiger partial charge in [-0.05, 0) is 89.5 Å². The number of para-hydroxylation sites is 3. The number of hydrogen-bond donors (Lipinski definition) is 0. The maximum Gasteiger partial charge on any atom is 0.100 e. The molecule has 0 radical (unpaired) electrons. The smallest absolute Gasteiger partial charge is 0.100 e. The molecule has 66 heavy (non-hydrogen) atoms. The van der Waals surface area contributed by atoms with E-state index in [0.717, 1.165) is 80.2 Å². The van der Waals surface area contributed by atoms with Crippen molar-refractivity contribution in [3.63, 3.8) is 0 Å². The Bertz CT molecular complexity index is 2970. The normalized spacial score (nSPS) is 13.4. The molecule has 12 heteroatoms. The fourth-order valence-corrected chi connectivity index (χ4v) is 11.6. The summed E-state index contributed by atoms with van der Waals surface area (Å²) >= 11 is 4.94. The summed E-state index contributed by atoms with van der Waals surface area (Å²) in [4.78, 5) is 23.6. The second-order valence-corrected chi connectivity index (χ2v) is 18.3. The van der Waals surface area contributed by atoms with Gasteiger partial charge in [0.2, 0.25) is 0 Å². The Morgan fingerprint density at radius 2 is 0.636 bits per heavy atom. The lowest BCUT2D eigenvalue weighted by molar-refractivity contribution is 0.198. The van der Waals surface area contributed by atoms with E-state index in [4.69, 9.17) is 14.5 Å². The number of nitrogens with zero attached hydrogens (tertiary/aromatic N) is 6. The summed E-state index contributed by atoms with van der Waals surface area (Å²) < 4.78 is 0. The highest BCUT2D eigenvalue weighted by Gasteiger charge is 2.27. The molecular weight excluding hydrogens is 877 g/mol. The minimum absolute atomic E-state index is 0.217. The van der Waals surface area contributed by atoms with Gasteiger partial charge < -0.3 is 0 Å². The predicted octanol–water partition coefficient (Wildman–Crippen LogP) is 14.3. The first kappa shape index (κ1) is 42.5. The molecule has 3 aliphatic rings. The summed E-state index contributed by atoms with van der Waals surface area (Å²) in [6, 6.07) is 49.5. The van der Waals surface area contributed by atoms with Crippen molar-refractivity contribution < 1.29 is 14.5 Å². The van der Waals surface area contributed by atoms with Crippen LogP contribution in [0.15, 0.2) is 157 Å². The Labute approximate surface area is 395 Å². The molecule has 0 atom stereocenters. The Balaban J connectivity index is 1.08. The van der Waals surface area contributed by atoms with Gasteiger partial charge in [-0.25, -0.2) is 15.2 Å². The van der Waals surface area contributed by atoms with E-state index in [1.807, 2.05) is 143 Å². The maximum absolute atomic E-state index is 11.0. The van der Waals surface area contributed by atoms with Gasteiger partial charge in [-0.15, -0.1) is 0 Å². The lowest BCUT2D eigenvalue weighted by Gasteiger charge is -2.30. The second-order valence-electron chi connectivity index (χ2n) is 15.0. The molecule has 7 aromatic rings. The molecule has 0 N–H and O–H groups in total. The minimum Gasteiger partial charge on any atom is -0.272 e. The quantitative estimate of drug-likeness (QED) is 0.129. The van der Waals surface area contributed by atoms with Crippen LogP contribution < -0.4 is 15.2 Å². The standard InChI is InChI=1S/C54H36N6O3S3/c1-61-58-43-10-4-7-13-49(43)64-52-28-34(19-25-46(52)58)16-22-37-40(31-55)38(23-17-35-20-26-47-53(29-35)65-50-14-8-5-11-44(50)59(47)62-2)42(33-57)39(41(37)32-56)24-18-36-21-27-48-54(30-36)66-51-15-9-6-12-45(51)60(48)63-3/h4-30H,1-3H3/b22-16+,23-17+,24-18+. The van der Waals surface area contributed by atoms with E-state index in [1.165, 1.54) is 0 Å². The number of benzene rings is 7. The highest BCUT2D eigenvalue weighted by atomic mass is 32.2. The van der Waals surface area contributed by atoms with Crippen molar-refractivity contribution >= 4 is 106 Å². The van der Waals surface area contributed by atoms with Crippen LogP contribution in [0.25, 0.3) is 36.5 Å². The Kier molecular flexibility index (Phi) is 11.7. The largest absolute Gasteiger partial charge is 0.272 e.